The molecule has 0 saturated carbocycles. The number of nitrogens with zero attached hydrogens (tertiary/aromatic N) is 2. The summed E-state index contributed by atoms with van der Waals surface area (Å²) in [5, 5.41) is 0. The molecule has 1 aromatic heterocycles. The molecule has 0 spiro atoms. The Morgan fingerprint density at radius 2 is 2.43 bits per heavy atom. The fourth-order valence-electron chi connectivity index (χ4n) is 1.69. The normalized spacial score (nSPS) is 21.3. The molecule has 14 heavy (non-hydrogen) atoms. The van der Waals surface area contributed by atoms with Crippen LogP contribution >= 0.6 is 0 Å². The van der Waals surface area contributed by atoms with Gasteiger partial charge in [0.15, 0.2) is 0 Å². The van der Waals surface area contributed by atoms with E-state index in [1.165, 1.54) is 0 Å². The molecule has 1 atom stereocenters. The summed E-state index contributed by atoms with van der Waals surface area (Å²) in [6, 6.07) is 6.06. The third kappa shape index (κ3) is 1.80. The molecule has 0 aromatic carbocycles. The standard InChI is InChI=1S/C10H15N3O/c1-14-10-4-2-3-9(12-10)13-6-5-8(11)7-13/h2-4,8H,5-7,11H2,1H3/t8-/m1/s1. The summed E-state index contributed by atoms with van der Waals surface area (Å²) in [7, 11) is 1.63. The van der Waals surface area contributed by atoms with E-state index in [4.69, 9.17) is 10.5 Å². The number of pyridine rings is 1. The van der Waals surface area contributed by atoms with Gasteiger partial charge in [0.25, 0.3) is 0 Å². The van der Waals surface area contributed by atoms with E-state index in [-0.39, 0.29) is 6.04 Å². The molecule has 1 aromatic rings. The van der Waals surface area contributed by atoms with E-state index in [0.717, 1.165) is 25.3 Å². The lowest BCUT2D eigenvalue weighted by molar-refractivity contribution is 0.398. The highest BCUT2D eigenvalue weighted by molar-refractivity contribution is 5.42. The lowest BCUT2D eigenvalue weighted by atomic mass is 10.3. The SMILES string of the molecule is COc1cccc(N2CC[C@@H](N)C2)n1. The van der Waals surface area contributed by atoms with Gasteiger partial charge in [0.2, 0.25) is 5.88 Å². The zero-order chi connectivity index (χ0) is 9.97. The molecule has 1 aliphatic heterocycles. The Bertz CT molecular complexity index is 316. The van der Waals surface area contributed by atoms with Gasteiger partial charge in [-0.15, -0.1) is 0 Å². The maximum atomic E-state index is 5.83. The van der Waals surface area contributed by atoms with Crippen LogP contribution in [0.4, 0.5) is 5.82 Å². The van der Waals surface area contributed by atoms with Gasteiger partial charge < -0.3 is 15.4 Å². The van der Waals surface area contributed by atoms with Crippen molar-refractivity contribution in [3.63, 3.8) is 0 Å². The summed E-state index contributed by atoms with van der Waals surface area (Å²) < 4.78 is 5.07. The summed E-state index contributed by atoms with van der Waals surface area (Å²) in [4.78, 5) is 6.54. The van der Waals surface area contributed by atoms with Crippen LogP contribution in [-0.4, -0.2) is 31.2 Å². The summed E-state index contributed by atoms with van der Waals surface area (Å²) in [6.45, 7) is 1.88. The van der Waals surface area contributed by atoms with Crippen LogP contribution in [0.25, 0.3) is 0 Å². The van der Waals surface area contributed by atoms with Crippen molar-refractivity contribution in [2.75, 3.05) is 25.1 Å². The Hall–Kier alpha value is -1.29. The van der Waals surface area contributed by atoms with Crippen LogP contribution in [0.1, 0.15) is 6.42 Å². The third-order valence-corrected chi connectivity index (χ3v) is 2.47. The zero-order valence-electron chi connectivity index (χ0n) is 8.31. The smallest absolute Gasteiger partial charge is 0.214 e. The number of ether oxygens (including phenoxy) is 1. The molecule has 1 fully saturated rings. The second-order valence-electron chi connectivity index (χ2n) is 3.53. The molecule has 1 saturated heterocycles. The van der Waals surface area contributed by atoms with E-state index in [1.54, 1.807) is 7.11 Å². The van der Waals surface area contributed by atoms with Crippen molar-refractivity contribution in [2.45, 2.75) is 12.5 Å². The summed E-state index contributed by atoms with van der Waals surface area (Å²) in [5.41, 5.74) is 5.83. The van der Waals surface area contributed by atoms with Gasteiger partial charge in [0.05, 0.1) is 7.11 Å². The number of nitrogens with two attached hydrogens (primary N) is 1. The molecule has 4 heteroatoms. The van der Waals surface area contributed by atoms with Gasteiger partial charge in [-0.05, 0) is 12.5 Å². The Balaban J connectivity index is 2.15. The van der Waals surface area contributed by atoms with E-state index in [0.29, 0.717) is 5.88 Å². The van der Waals surface area contributed by atoms with Crippen molar-refractivity contribution in [1.29, 1.82) is 0 Å². The van der Waals surface area contributed by atoms with Crippen molar-refractivity contribution < 1.29 is 4.74 Å². The van der Waals surface area contributed by atoms with E-state index < -0.39 is 0 Å². The highest BCUT2D eigenvalue weighted by Crippen LogP contribution is 2.19. The first-order valence-corrected chi connectivity index (χ1v) is 4.81. The molecular formula is C10H15N3O. The summed E-state index contributed by atoms with van der Waals surface area (Å²) >= 11 is 0. The average Bonchev–Trinajstić information content (AvgIpc) is 2.65. The summed E-state index contributed by atoms with van der Waals surface area (Å²) in [5.74, 6) is 1.61. The molecule has 0 radical (unpaired) electrons. The monoisotopic (exact) mass is 193 g/mol. The first-order valence-electron chi connectivity index (χ1n) is 4.81. The number of hydrogen-bond donors (Lipinski definition) is 1. The molecule has 2 N–H and O–H groups in total. The molecule has 2 heterocycles. The number of aromatic nitrogens is 1. The minimum absolute atomic E-state index is 0.281. The van der Waals surface area contributed by atoms with Crippen LogP contribution in [-0.2, 0) is 0 Å². The van der Waals surface area contributed by atoms with E-state index in [9.17, 15) is 0 Å². The quantitative estimate of drug-likeness (QED) is 0.748. The van der Waals surface area contributed by atoms with Crippen molar-refractivity contribution in [3.05, 3.63) is 18.2 Å². The van der Waals surface area contributed by atoms with Crippen molar-refractivity contribution in [2.24, 2.45) is 5.73 Å². The maximum Gasteiger partial charge on any atom is 0.214 e. The van der Waals surface area contributed by atoms with Gasteiger partial charge in [0.1, 0.15) is 5.82 Å². The largest absolute Gasteiger partial charge is 0.481 e. The molecule has 0 unspecified atom stereocenters. The number of anilines is 1. The molecule has 2 rings (SSSR count). The first-order chi connectivity index (χ1) is 6.79. The second-order valence-corrected chi connectivity index (χ2v) is 3.53. The van der Waals surface area contributed by atoms with E-state index in [1.807, 2.05) is 18.2 Å². The minimum atomic E-state index is 0.281. The molecule has 0 bridgehead atoms. The number of methoxy groups -OCH3 is 1. The van der Waals surface area contributed by atoms with Gasteiger partial charge in [0, 0.05) is 25.2 Å². The lowest BCUT2D eigenvalue weighted by Crippen LogP contribution is -2.26. The topological polar surface area (TPSA) is 51.4 Å². The predicted molar refractivity (Wildman–Crippen MR) is 55.6 cm³/mol. The van der Waals surface area contributed by atoms with Crippen molar-refractivity contribution in [3.8, 4) is 5.88 Å². The average molecular weight is 193 g/mol. The molecule has 0 amide bonds. The predicted octanol–water partition coefficient (Wildman–Crippen LogP) is 0.628. The van der Waals surface area contributed by atoms with Gasteiger partial charge in [-0.1, -0.05) is 6.07 Å². The second kappa shape index (κ2) is 3.84. The van der Waals surface area contributed by atoms with Crippen LogP contribution in [0, 0.1) is 0 Å². The molecule has 0 aliphatic carbocycles. The van der Waals surface area contributed by atoms with Crippen LogP contribution in [0.2, 0.25) is 0 Å². The van der Waals surface area contributed by atoms with Crippen LogP contribution in [0.3, 0.4) is 0 Å². The molecule has 76 valence electrons. The van der Waals surface area contributed by atoms with E-state index in [2.05, 4.69) is 9.88 Å². The van der Waals surface area contributed by atoms with Gasteiger partial charge in [-0.25, -0.2) is 0 Å². The fourth-order valence-corrected chi connectivity index (χ4v) is 1.69. The van der Waals surface area contributed by atoms with Crippen molar-refractivity contribution in [1.82, 2.24) is 4.98 Å². The van der Waals surface area contributed by atoms with E-state index >= 15 is 0 Å². The van der Waals surface area contributed by atoms with Gasteiger partial charge >= 0.3 is 0 Å². The Morgan fingerprint density at radius 1 is 1.57 bits per heavy atom. The van der Waals surface area contributed by atoms with Gasteiger partial charge in [-0.2, -0.15) is 4.98 Å². The van der Waals surface area contributed by atoms with Crippen molar-refractivity contribution >= 4 is 5.82 Å². The highest BCUT2D eigenvalue weighted by atomic mass is 16.5. The van der Waals surface area contributed by atoms with Gasteiger partial charge in [-0.3, -0.25) is 0 Å². The maximum absolute atomic E-state index is 5.83. The number of rotatable bonds is 2. The lowest BCUT2D eigenvalue weighted by Gasteiger charge is -2.16. The Kier molecular flexibility index (Phi) is 2.54. The minimum Gasteiger partial charge on any atom is -0.481 e. The van der Waals surface area contributed by atoms with Crippen LogP contribution < -0.4 is 15.4 Å². The van der Waals surface area contributed by atoms with Crippen LogP contribution in [0.15, 0.2) is 18.2 Å². The summed E-state index contributed by atoms with van der Waals surface area (Å²) in [6.07, 6.45) is 1.04. The fraction of sp³-hybridized carbons (Fsp3) is 0.500. The number of hydrogen-bond acceptors (Lipinski definition) is 4. The Morgan fingerprint density at radius 3 is 3.07 bits per heavy atom. The highest BCUT2D eigenvalue weighted by Gasteiger charge is 2.20. The molecular weight excluding hydrogens is 178 g/mol. The molecule has 4 nitrogen and oxygen atoms in total. The third-order valence-electron chi connectivity index (χ3n) is 2.47. The zero-order valence-corrected chi connectivity index (χ0v) is 8.31. The Labute approximate surface area is 83.7 Å². The first kappa shape index (κ1) is 9.27. The van der Waals surface area contributed by atoms with Crippen LogP contribution in [0.5, 0.6) is 5.88 Å². The molecule has 1 aliphatic rings.